The zero-order valence-corrected chi connectivity index (χ0v) is 18.8. The standard InChI is InChI=1S/C27H34O4/c1-3-5-7-9-17-29-22-13-11-21(12-14-22)25-20-31-26-19-23(15-16-24(26)27(25)28)30-18-10-8-6-4-2/h11-16,19-20H,3-10,17-18H2,1-2H3. The van der Waals surface area contributed by atoms with Gasteiger partial charge in [-0.2, -0.15) is 0 Å². The summed E-state index contributed by atoms with van der Waals surface area (Å²) >= 11 is 0. The van der Waals surface area contributed by atoms with E-state index in [4.69, 9.17) is 13.9 Å². The largest absolute Gasteiger partial charge is 0.494 e. The molecule has 1 heterocycles. The lowest BCUT2D eigenvalue weighted by atomic mass is 10.1. The van der Waals surface area contributed by atoms with E-state index in [1.807, 2.05) is 30.3 Å². The maximum absolute atomic E-state index is 13.0. The smallest absolute Gasteiger partial charge is 0.200 e. The molecule has 0 atom stereocenters. The molecule has 0 unspecified atom stereocenters. The lowest BCUT2D eigenvalue weighted by Gasteiger charge is -2.09. The Bertz CT molecular complexity index is 988. The monoisotopic (exact) mass is 422 g/mol. The molecule has 3 aromatic rings. The number of ether oxygens (including phenoxy) is 2. The Labute approximate surface area is 185 Å². The molecular formula is C27H34O4. The van der Waals surface area contributed by atoms with Gasteiger partial charge >= 0.3 is 0 Å². The second-order valence-electron chi connectivity index (χ2n) is 7.98. The van der Waals surface area contributed by atoms with Crippen molar-refractivity contribution in [2.24, 2.45) is 0 Å². The Kier molecular flexibility index (Phi) is 9.01. The van der Waals surface area contributed by atoms with Crippen LogP contribution < -0.4 is 14.9 Å². The highest BCUT2D eigenvalue weighted by molar-refractivity contribution is 5.82. The van der Waals surface area contributed by atoms with E-state index in [1.165, 1.54) is 44.8 Å². The molecule has 31 heavy (non-hydrogen) atoms. The predicted octanol–water partition coefficient (Wildman–Crippen LogP) is 7.38. The Morgan fingerprint density at radius 3 is 2.00 bits per heavy atom. The molecule has 0 spiro atoms. The molecule has 0 aliphatic heterocycles. The molecule has 0 saturated carbocycles. The van der Waals surface area contributed by atoms with E-state index in [1.54, 1.807) is 12.1 Å². The van der Waals surface area contributed by atoms with E-state index in [0.29, 0.717) is 23.1 Å². The molecule has 1 aromatic heterocycles. The molecule has 166 valence electrons. The molecule has 0 radical (unpaired) electrons. The molecule has 4 heteroatoms. The highest BCUT2D eigenvalue weighted by Gasteiger charge is 2.10. The van der Waals surface area contributed by atoms with E-state index in [2.05, 4.69) is 13.8 Å². The van der Waals surface area contributed by atoms with Gasteiger partial charge in [0.2, 0.25) is 0 Å². The first-order chi connectivity index (χ1) is 15.2. The van der Waals surface area contributed by atoms with Gasteiger partial charge in [0.1, 0.15) is 23.3 Å². The summed E-state index contributed by atoms with van der Waals surface area (Å²) in [6, 6.07) is 13.1. The van der Waals surface area contributed by atoms with Gasteiger partial charge in [-0.15, -0.1) is 0 Å². The Balaban J connectivity index is 1.65. The molecule has 0 aliphatic carbocycles. The van der Waals surface area contributed by atoms with Crippen LogP contribution in [-0.4, -0.2) is 13.2 Å². The van der Waals surface area contributed by atoms with Gasteiger partial charge in [-0.05, 0) is 42.7 Å². The maximum atomic E-state index is 13.0. The average Bonchev–Trinajstić information content (AvgIpc) is 2.80. The van der Waals surface area contributed by atoms with Crippen LogP contribution in [0.3, 0.4) is 0 Å². The van der Waals surface area contributed by atoms with Gasteiger partial charge in [-0.1, -0.05) is 64.5 Å². The quantitative estimate of drug-likeness (QED) is 0.270. The second-order valence-corrected chi connectivity index (χ2v) is 7.98. The molecule has 0 aliphatic rings. The van der Waals surface area contributed by atoms with Gasteiger partial charge in [0.25, 0.3) is 0 Å². The molecular weight excluding hydrogens is 388 g/mol. The maximum Gasteiger partial charge on any atom is 0.200 e. The summed E-state index contributed by atoms with van der Waals surface area (Å²) in [5.74, 6) is 1.56. The van der Waals surface area contributed by atoms with Crippen LogP contribution in [0, 0.1) is 0 Å². The van der Waals surface area contributed by atoms with Gasteiger partial charge in [0, 0.05) is 6.07 Å². The fourth-order valence-electron chi connectivity index (χ4n) is 3.57. The normalized spacial score (nSPS) is 11.0. The topological polar surface area (TPSA) is 48.7 Å². The van der Waals surface area contributed by atoms with E-state index >= 15 is 0 Å². The van der Waals surface area contributed by atoms with E-state index in [9.17, 15) is 4.79 Å². The summed E-state index contributed by atoms with van der Waals surface area (Å²) in [6.45, 7) is 5.80. The number of benzene rings is 2. The summed E-state index contributed by atoms with van der Waals surface area (Å²) in [4.78, 5) is 13.0. The van der Waals surface area contributed by atoms with E-state index in [0.717, 1.165) is 36.5 Å². The highest BCUT2D eigenvalue weighted by Crippen LogP contribution is 2.25. The van der Waals surface area contributed by atoms with Gasteiger partial charge in [0.15, 0.2) is 5.43 Å². The summed E-state index contributed by atoms with van der Waals surface area (Å²) in [5, 5.41) is 0.562. The molecule has 0 fully saturated rings. The lowest BCUT2D eigenvalue weighted by molar-refractivity contribution is 0.305. The van der Waals surface area contributed by atoms with Gasteiger partial charge < -0.3 is 13.9 Å². The first kappa shape index (κ1) is 22.9. The summed E-state index contributed by atoms with van der Waals surface area (Å²) < 4.78 is 17.4. The lowest BCUT2D eigenvalue weighted by Crippen LogP contribution is -2.05. The number of rotatable bonds is 13. The van der Waals surface area contributed by atoms with Crippen LogP contribution in [0.5, 0.6) is 11.5 Å². The molecule has 3 rings (SSSR count). The fourth-order valence-corrected chi connectivity index (χ4v) is 3.57. The third kappa shape index (κ3) is 6.61. The minimum absolute atomic E-state index is 0.0380. The zero-order chi connectivity index (χ0) is 21.9. The summed E-state index contributed by atoms with van der Waals surface area (Å²) in [6.07, 6.45) is 10.9. The molecule has 4 nitrogen and oxygen atoms in total. The van der Waals surface area contributed by atoms with Crippen LogP contribution in [-0.2, 0) is 0 Å². The third-order valence-corrected chi connectivity index (χ3v) is 5.44. The van der Waals surface area contributed by atoms with Gasteiger partial charge in [-0.3, -0.25) is 4.79 Å². The summed E-state index contributed by atoms with van der Waals surface area (Å²) in [7, 11) is 0. The number of hydrogen-bond donors (Lipinski definition) is 0. The molecule has 0 N–H and O–H groups in total. The Hall–Kier alpha value is -2.75. The number of unbranched alkanes of at least 4 members (excludes halogenated alkanes) is 6. The number of hydrogen-bond acceptors (Lipinski definition) is 4. The van der Waals surface area contributed by atoms with Crippen LogP contribution in [0.1, 0.15) is 65.2 Å². The van der Waals surface area contributed by atoms with Crippen molar-refractivity contribution in [3.63, 3.8) is 0 Å². The predicted molar refractivity (Wildman–Crippen MR) is 127 cm³/mol. The van der Waals surface area contributed by atoms with Gasteiger partial charge in [0.05, 0.1) is 24.2 Å². The molecule has 0 saturated heterocycles. The highest BCUT2D eigenvalue weighted by atomic mass is 16.5. The van der Waals surface area contributed by atoms with E-state index in [-0.39, 0.29) is 5.43 Å². The van der Waals surface area contributed by atoms with Crippen molar-refractivity contribution in [2.75, 3.05) is 13.2 Å². The van der Waals surface area contributed by atoms with Gasteiger partial charge in [-0.25, -0.2) is 0 Å². The zero-order valence-electron chi connectivity index (χ0n) is 18.8. The van der Waals surface area contributed by atoms with E-state index < -0.39 is 0 Å². The van der Waals surface area contributed by atoms with Crippen molar-refractivity contribution in [1.82, 2.24) is 0 Å². The van der Waals surface area contributed by atoms with Crippen LogP contribution in [0.2, 0.25) is 0 Å². The van der Waals surface area contributed by atoms with Crippen LogP contribution in [0.4, 0.5) is 0 Å². The third-order valence-electron chi connectivity index (χ3n) is 5.44. The second kappa shape index (κ2) is 12.2. The Morgan fingerprint density at radius 2 is 1.35 bits per heavy atom. The summed E-state index contributed by atoms with van der Waals surface area (Å²) in [5.41, 5.74) is 1.89. The average molecular weight is 423 g/mol. The van der Waals surface area contributed by atoms with Crippen molar-refractivity contribution in [2.45, 2.75) is 65.2 Å². The van der Waals surface area contributed by atoms with Crippen molar-refractivity contribution in [3.8, 4) is 22.6 Å². The van der Waals surface area contributed by atoms with Crippen LogP contribution in [0.25, 0.3) is 22.1 Å². The van der Waals surface area contributed by atoms with Crippen molar-refractivity contribution >= 4 is 11.0 Å². The number of fused-ring (bicyclic) bond motifs is 1. The van der Waals surface area contributed by atoms with Crippen LogP contribution in [0.15, 0.2) is 57.9 Å². The van der Waals surface area contributed by atoms with Crippen LogP contribution >= 0.6 is 0 Å². The first-order valence-corrected chi connectivity index (χ1v) is 11.6. The van der Waals surface area contributed by atoms with Crippen molar-refractivity contribution in [3.05, 3.63) is 59.0 Å². The van der Waals surface area contributed by atoms with Crippen molar-refractivity contribution < 1.29 is 13.9 Å². The molecule has 0 bridgehead atoms. The minimum atomic E-state index is -0.0380. The Morgan fingerprint density at radius 1 is 0.742 bits per heavy atom. The van der Waals surface area contributed by atoms with Crippen molar-refractivity contribution in [1.29, 1.82) is 0 Å². The first-order valence-electron chi connectivity index (χ1n) is 11.6. The molecule has 2 aromatic carbocycles. The molecule has 0 amide bonds. The minimum Gasteiger partial charge on any atom is -0.494 e. The SMILES string of the molecule is CCCCCCOc1ccc(-c2coc3cc(OCCCCCC)ccc3c2=O)cc1. The fraction of sp³-hybridized carbons (Fsp3) is 0.444.